The number of halogens is 2. The summed E-state index contributed by atoms with van der Waals surface area (Å²) < 4.78 is 28.0. The van der Waals surface area contributed by atoms with Gasteiger partial charge in [-0.05, 0) is 18.2 Å². The molecule has 3 aromatic rings. The molecule has 0 radical (unpaired) electrons. The van der Waals surface area contributed by atoms with E-state index < -0.39 is 11.8 Å². The summed E-state index contributed by atoms with van der Waals surface area (Å²) in [5.41, 5.74) is 0.815. The van der Waals surface area contributed by atoms with E-state index in [2.05, 4.69) is 15.3 Å². The molecule has 2 aromatic heterocycles. The van der Waals surface area contributed by atoms with Crippen LogP contribution in [0.3, 0.4) is 0 Å². The van der Waals surface area contributed by atoms with Crippen molar-refractivity contribution in [3.63, 3.8) is 0 Å². The Balaban J connectivity index is 2.62. The molecule has 2 heterocycles. The van der Waals surface area contributed by atoms with Gasteiger partial charge < -0.3 is 0 Å². The van der Waals surface area contributed by atoms with Crippen molar-refractivity contribution in [2.24, 2.45) is 7.05 Å². The van der Waals surface area contributed by atoms with Gasteiger partial charge in [0.2, 0.25) is 11.6 Å². The Bertz CT molecular complexity index is 705. The highest BCUT2D eigenvalue weighted by molar-refractivity contribution is 6.02. The van der Waals surface area contributed by atoms with Crippen LogP contribution in [0, 0.1) is 11.8 Å². The number of hydrogen-bond acceptors (Lipinski definition) is 3. The molecule has 0 amide bonds. The summed E-state index contributed by atoms with van der Waals surface area (Å²) in [6.07, 6.45) is 0. The lowest BCUT2D eigenvalue weighted by Gasteiger charge is -2.01. The third-order valence-electron chi connectivity index (χ3n) is 2.47. The van der Waals surface area contributed by atoms with Gasteiger partial charge in [-0.15, -0.1) is 5.10 Å². The predicted octanol–water partition coefficient (Wildman–Crippen LogP) is 1.79. The molecule has 0 N–H and O–H groups in total. The molecule has 4 nitrogen and oxygen atoms in total. The second-order valence-electron chi connectivity index (χ2n) is 3.48. The lowest BCUT2D eigenvalue weighted by molar-refractivity contribution is 0.596. The number of fused-ring (bicyclic) bond motifs is 3. The first-order valence-corrected chi connectivity index (χ1v) is 4.61. The van der Waals surface area contributed by atoms with E-state index in [9.17, 15) is 8.78 Å². The van der Waals surface area contributed by atoms with Crippen LogP contribution in [0.25, 0.3) is 21.9 Å². The highest BCUT2D eigenvalue weighted by atomic mass is 19.1. The molecule has 0 aliphatic rings. The number of hydrogen-bond donors (Lipinski definition) is 0. The molecule has 0 spiro atoms. The van der Waals surface area contributed by atoms with Gasteiger partial charge in [0.05, 0.1) is 0 Å². The van der Waals surface area contributed by atoms with Crippen LogP contribution in [0.1, 0.15) is 0 Å². The van der Waals surface area contributed by atoms with Crippen LogP contribution in [0.4, 0.5) is 8.78 Å². The standard InChI is InChI=1S/C10H6F2N4/c1-16-8-6-3-2-5(11)4-7(6)9(12)13-10(8)14-15-16/h2-4H,1H3. The first-order valence-electron chi connectivity index (χ1n) is 4.61. The Morgan fingerprint density at radius 2 is 2.00 bits per heavy atom. The largest absolute Gasteiger partial charge is 0.245 e. The first-order chi connectivity index (χ1) is 7.66. The Hall–Kier alpha value is -2.11. The maximum atomic E-state index is 13.6. The summed E-state index contributed by atoms with van der Waals surface area (Å²) in [7, 11) is 1.68. The molecule has 0 saturated carbocycles. The number of nitrogens with zero attached hydrogens (tertiary/aromatic N) is 4. The molecule has 3 rings (SSSR count). The van der Waals surface area contributed by atoms with E-state index in [1.165, 1.54) is 16.8 Å². The molecule has 0 bridgehead atoms. The molecule has 1 aromatic carbocycles. The van der Waals surface area contributed by atoms with E-state index in [4.69, 9.17) is 0 Å². The second kappa shape index (κ2) is 2.94. The average Bonchev–Trinajstić information content (AvgIpc) is 2.61. The van der Waals surface area contributed by atoms with Crippen molar-refractivity contribution in [2.75, 3.05) is 0 Å². The van der Waals surface area contributed by atoms with Gasteiger partial charge in [0.25, 0.3) is 0 Å². The zero-order valence-electron chi connectivity index (χ0n) is 8.28. The summed E-state index contributed by atoms with van der Waals surface area (Å²) >= 11 is 0. The third-order valence-corrected chi connectivity index (χ3v) is 2.47. The quantitative estimate of drug-likeness (QED) is 0.542. The number of rotatable bonds is 0. The summed E-state index contributed by atoms with van der Waals surface area (Å²) in [5, 5.41) is 8.16. The van der Waals surface area contributed by atoms with Gasteiger partial charge in [-0.3, -0.25) is 0 Å². The van der Waals surface area contributed by atoms with E-state index in [1.807, 2.05) is 0 Å². The minimum absolute atomic E-state index is 0.137. The van der Waals surface area contributed by atoms with Crippen molar-refractivity contribution in [3.8, 4) is 0 Å². The number of aromatic nitrogens is 4. The van der Waals surface area contributed by atoms with Crippen LogP contribution >= 0.6 is 0 Å². The van der Waals surface area contributed by atoms with Crippen molar-refractivity contribution in [3.05, 3.63) is 30.0 Å². The SMILES string of the molecule is Cn1nnc2nc(F)c3cc(F)ccc3c21. The molecule has 16 heavy (non-hydrogen) atoms. The summed E-state index contributed by atoms with van der Waals surface area (Å²) in [6, 6.07) is 3.89. The Morgan fingerprint density at radius 1 is 1.19 bits per heavy atom. The van der Waals surface area contributed by atoms with Gasteiger partial charge in [0.1, 0.15) is 11.3 Å². The minimum atomic E-state index is -0.734. The normalized spacial score (nSPS) is 11.4. The maximum absolute atomic E-state index is 13.6. The Kier molecular flexibility index (Phi) is 1.68. The van der Waals surface area contributed by atoms with Crippen molar-refractivity contribution in [1.82, 2.24) is 20.0 Å². The topological polar surface area (TPSA) is 43.6 Å². The van der Waals surface area contributed by atoms with Crippen molar-refractivity contribution in [1.29, 1.82) is 0 Å². The average molecular weight is 220 g/mol. The minimum Gasteiger partial charge on any atom is -0.245 e. The molecule has 80 valence electrons. The maximum Gasteiger partial charge on any atom is 0.223 e. The summed E-state index contributed by atoms with van der Waals surface area (Å²) in [4.78, 5) is 3.64. The fourth-order valence-corrected chi connectivity index (χ4v) is 1.76. The number of pyridine rings is 1. The highest BCUT2D eigenvalue weighted by Gasteiger charge is 2.13. The summed E-state index contributed by atoms with van der Waals surface area (Å²) in [5.74, 6) is -1.23. The summed E-state index contributed by atoms with van der Waals surface area (Å²) in [6.45, 7) is 0. The van der Waals surface area contributed by atoms with Crippen molar-refractivity contribution < 1.29 is 8.78 Å². The number of benzene rings is 1. The zero-order valence-corrected chi connectivity index (χ0v) is 8.28. The van der Waals surface area contributed by atoms with E-state index in [1.54, 1.807) is 7.05 Å². The molecule has 6 heteroatoms. The fourth-order valence-electron chi connectivity index (χ4n) is 1.76. The van der Waals surface area contributed by atoms with Gasteiger partial charge in [-0.1, -0.05) is 5.21 Å². The van der Waals surface area contributed by atoms with Gasteiger partial charge in [0, 0.05) is 17.8 Å². The fraction of sp³-hybridized carbons (Fsp3) is 0.100. The van der Waals surface area contributed by atoms with Crippen molar-refractivity contribution in [2.45, 2.75) is 0 Å². The molecule has 0 saturated heterocycles. The molecule has 0 fully saturated rings. The first kappa shape index (κ1) is 9.14. The zero-order chi connectivity index (χ0) is 11.3. The van der Waals surface area contributed by atoms with Gasteiger partial charge in [0.15, 0.2) is 0 Å². The van der Waals surface area contributed by atoms with Crippen LogP contribution < -0.4 is 0 Å². The van der Waals surface area contributed by atoms with Crippen molar-refractivity contribution >= 4 is 21.9 Å². The third kappa shape index (κ3) is 1.09. The lowest BCUT2D eigenvalue weighted by Crippen LogP contribution is -1.93. The molecule has 0 unspecified atom stereocenters. The molecule has 0 aliphatic carbocycles. The Labute approximate surface area is 88.5 Å². The molecule has 0 atom stereocenters. The second-order valence-corrected chi connectivity index (χ2v) is 3.48. The van der Waals surface area contributed by atoms with Crippen LogP contribution in [0.5, 0.6) is 0 Å². The number of aryl methyl sites for hydroxylation is 1. The molecular formula is C10H6F2N4. The monoisotopic (exact) mass is 220 g/mol. The van der Waals surface area contributed by atoms with Gasteiger partial charge in [-0.2, -0.15) is 9.37 Å². The highest BCUT2D eigenvalue weighted by Crippen LogP contribution is 2.24. The molecule has 0 aliphatic heterocycles. The van der Waals surface area contributed by atoms with E-state index in [-0.39, 0.29) is 11.0 Å². The van der Waals surface area contributed by atoms with E-state index in [0.717, 1.165) is 6.07 Å². The Morgan fingerprint density at radius 3 is 2.81 bits per heavy atom. The predicted molar refractivity (Wildman–Crippen MR) is 53.7 cm³/mol. The van der Waals surface area contributed by atoms with Crippen LogP contribution in [-0.4, -0.2) is 20.0 Å². The van der Waals surface area contributed by atoms with Crippen LogP contribution in [-0.2, 0) is 7.05 Å². The van der Waals surface area contributed by atoms with E-state index >= 15 is 0 Å². The molecular weight excluding hydrogens is 214 g/mol. The van der Waals surface area contributed by atoms with Crippen LogP contribution in [0.2, 0.25) is 0 Å². The van der Waals surface area contributed by atoms with Gasteiger partial charge >= 0.3 is 0 Å². The lowest BCUT2D eigenvalue weighted by atomic mass is 10.1. The van der Waals surface area contributed by atoms with Crippen LogP contribution in [0.15, 0.2) is 18.2 Å². The van der Waals surface area contributed by atoms with E-state index in [0.29, 0.717) is 10.9 Å². The van der Waals surface area contributed by atoms with Gasteiger partial charge in [-0.25, -0.2) is 9.07 Å². The smallest absolute Gasteiger partial charge is 0.223 e.